The summed E-state index contributed by atoms with van der Waals surface area (Å²) in [4.78, 5) is 21.8. The van der Waals surface area contributed by atoms with Crippen molar-refractivity contribution in [1.29, 1.82) is 0 Å². The summed E-state index contributed by atoms with van der Waals surface area (Å²) in [5.41, 5.74) is 0.162. The summed E-state index contributed by atoms with van der Waals surface area (Å²) in [7, 11) is 1.35. The minimum Gasteiger partial charge on any atom is -0.490 e. The number of nitrogens with zero attached hydrogens (tertiary/aromatic N) is 1. The molecule has 2 amide bonds. The number of hydrogen-bond donors (Lipinski definition) is 2. The fraction of sp³-hybridized carbons (Fsp3) is 0.417. The maximum Gasteiger partial charge on any atom is 0.319 e. The van der Waals surface area contributed by atoms with Gasteiger partial charge >= 0.3 is 11.7 Å². The van der Waals surface area contributed by atoms with E-state index in [9.17, 15) is 14.9 Å². The van der Waals surface area contributed by atoms with Gasteiger partial charge in [0.15, 0.2) is 5.75 Å². The van der Waals surface area contributed by atoms with Crippen LogP contribution >= 0.6 is 0 Å². The molecule has 0 bridgehead atoms. The Balaban J connectivity index is 2.71. The van der Waals surface area contributed by atoms with Crippen molar-refractivity contribution in [2.45, 2.75) is 19.8 Å². The Kier molecular flexibility index (Phi) is 5.59. The van der Waals surface area contributed by atoms with E-state index in [4.69, 9.17) is 4.74 Å². The molecule has 0 spiro atoms. The van der Waals surface area contributed by atoms with Crippen LogP contribution in [-0.4, -0.2) is 24.6 Å². The van der Waals surface area contributed by atoms with Gasteiger partial charge < -0.3 is 15.4 Å². The predicted octanol–water partition coefficient (Wildman–Crippen LogP) is 2.53. The number of rotatable bonds is 6. The van der Waals surface area contributed by atoms with E-state index in [0.29, 0.717) is 12.2 Å². The summed E-state index contributed by atoms with van der Waals surface area (Å²) in [6, 6.07) is 3.87. The molecule has 0 heterocycles. The molecule has 0 aromatic heterocycles. The van der Waals surface area contributed by atoms with Gasteiger partial charge in [0.25, 0.3) is 0 Å². The number of nitro benzene ring substituents is 1. The lowest BCUT2D eigenvalue weighted by Crippen LogP contribution is -2.29. The number of benzene rings is 1. The Morgan fingerprint density at radius 3 is 2.79 bits per heavy atom. The molecule has 0 radical (unpaired) electrons. The molecule has 1 aromatic carbocycles. The van der Waals surface area contributed by atoms with Gasteiger partial charge in [-0.2, -0.15) is 0 Å². The van der Waals surface area contributed by atoms with E-state index >= 15 is 0 Å². The van der Waals surface area contributed by atoms with E-state index < -0.39 is 4.92 Å². The van der Waals surface area contributed by atoms with Gasteiger partial charge in [0.05, 0.1) is 12.0 Å². The lowest BCUT2D eigenvalue weighted by atomic mass is 10.2. The fourth-order valence-corrected chi connectivity index (χ4v) is 1.46. The topological polar surface area (TPSA) is 93.5 Å². The third-order valence-corrected chi connectivity index (χ3v) is 2.45. The number of urea groups is 1. The van der Waals surface area contributed by atoms with E-state index in [1.54, 1.807) is 6.07 Å². The highest BCUT2D eigenvalue weighted by Gasteiger charge is 2.15. The second-order valence-electron chi connectivity index (χ2n) is 3.88. The number of hydrogen-bond acceptors (Lipinski definition) is 4. The van der Waals surface area contributed by atoms with E-state index in [1.165, 1.54) is 19.2 Å². The molecule has 0 atom stereocenters. The normalized spacial score (nSPS) is 9.79. The van der Waals surface area contributed by atoms with Crippen LogP contribution in [0.4, 0.5) is 16.2 Å². The molecule has 0 aliphatic heterocycles. The van der Waals surface area contributed by atoms with Gasteiger partial charge in [-0.25, -0.2) is 4.79 Å². The number of ether oxygens (including phenoxy) is 1. The van der Waals surface area contributed by atoms with Gasteiger partial charge in [0, 0.05) is 18.3 Å². The van der Waals surface area contributed by atoms with Crippen molar-refractivity contribution in [1.82, 2.24) is 5.32 Å². The Hall–Kier alpha value is -2.31. The first-order valence-corrected chi connectivity index (χ1v) is 5.95. The van der Waals surface area contributed by atoms with Gasteiger partial charge in [0.1, 0.15) is 0 Å². The molecular weight excluding hydrogens is 250 g/mol. The largest absolute Gasteiger partial charge is 0.490 e. The summed E-state index contributed by atoms with van der Waals surface area (Å²) >= 11 is 0. The number of amides is 2. The Morgan fingerprint density at radius 2 is 2.21 bits per heavy atom. The van der Waals surface area contributed by atoms with Crippen molar-refractivity contribution >= 4 is 17.4 Å². The Morgan fingerprint density at radius 1 is 1.47 bits per heavy atom. The number of methoxy groups -OCH3 is 1. The Labute approximate surface area is 111 Å². The van der Waals surface area contributed by atoms with Gasteiger partial charge in [-0.05, 0) is 18.6 Å². The summed E-state index contributed by atoms with van der Waals surface area (Å²) in [5, 5.41) is 16.0. The maximum atomic E-state index is 11.5. The average Bonchev–Trinajstić information content (AvgIpc) is 2.39. The van der Waals surface area contributed by atoms with Crippen LogP contribution in [0.3, 0.4) is 0 Å². The summed E-state index contributed by atoms with van der Waals surface area (Å²) in [6.07, 6.45) is 1.87. The number of nitrogens with one attached hydrogen (secondary N) is 2. The monoisotopic (exact) mass is 267 g/mol. The SMILES string of the molecule is CCCCNC(=O)Nc1ccc(OC)c([N+](=O)[O-])c1. The molecule has 0 fully saturated rings. The highest BCUT2D eigenvalue weighted by molar-refractivity contribution is 5.89. The number of anilines is 1. The van der Waals surface area contributed by atoms with Crippen molar-refractivity contribution in [2.75, 3.05) is 19.0 Å². The maximum absolute atomic E-state index is 11.5. The standard InChI is InChI=1S/C12H17N3O4/c1-3-4-7-13-12(16)14-9-5-6-11(19-2)10(8-9)15(17)18/h5-6,8H,3-4,7H2,1-2H3,(H2,13,14,16). The number of carbonyl (C=O) groups is 1. The highest BCUT2D eigenvalue weighted by atomic mass is 16.6. The van der Waals surface area contributed by atoms with Crippen LogP contribution in [0.5, 0.6) is 5.75 Å². The minimum atomic E-state index is -0.557. The van der Waals surface area contributed by atoms with Crippen LogP contribution in [0.2, 0.25) is 0 Å². The molecule has 19 heavy (non-hydrogen) atoms. The molecular formula is C12H17N3O4. The van der Waals surface area contributed by atoms with E-state index in [-0.39, 0.29) is 17.5 Å². The zero-order valence-corrected chi connectivity index (χ0v) is 10.9. The third kappa shape index (κ3) is 4.46. The van der Waals surface area contributed by atoms with E-state index in [1.807, 2.05) is 6.92 Å². The van der Waals surface area contributed by atoms with Crippen molar-refractivity contribution in [3.05, 3.63) is 28.3 Å². The third-order valence-electron chi connectivity index (χ3n) is 2.45. The number of carbonyl (C=O) groups excluding carboxylic acids is 1. The van der Waals surface area contributed by atoms with Crippen molar-refractivity contribution < 1.29 is 14.5 Å². The van der Waals surface area contributed by atoms with Gasteiger partial charge in [-0.1, -0.05) is 13.3 Å². The van der Waals surface area contributed by atoms with Gasteiger partial charge in [0.2, 0.25) is 0 Å². The lowest BCUT2D eigenvalue weighted by Gasteiger charge is -2.08. The van der Waals surface area contributed by atoms with E-state index in [0.717, 1.165) is 12.8 Å². The molecule has 0 saturated carbocycles. The molecule has 7 heteroatoms. The minimum absolute atomic E-state index is 0.155. The lowest BCUT2D eigenvalue weighted by molar-refractivity contribution is -0.385. The molecule has 1 rings (SSSR count). The fourth-order valence-electron chi connectivity index (χ4n) is 1.46. The van der Waals surface area contributed by atoms with Crippen molar-refractivity contribution in [2.24, 2.45) is 0 Å². The summed E-state index contributed by atoms with van der Waals surface area (Å²) < 4.78 is 4.88. The van der Waals surface area contributed by atoms with Crippen LogP contribution in [-0.2, 0) is 0 Å². The first-order valence-electron chi connectivity index (χ1n) is 5.95. The second-order valence-corrected chi connectivity index (χ2v) is 3.88. The average molecular weight is 267 g/mol. The predicted molar refractivity (Wildman–Crippen MR) is 71.6 cm³/mol. The molecule has 0 aliphatic carbocycles. The Bertz CT molecular complexity index is 462. The van der Waals surface area contributed by atoms with Crippen LogP contribution in [0.15, 0.2) is 18.2 Å². The molecule has 0 saturated heterocycles. The summed E-state index contributed by atoms with van der Waals surface area (Å²) in [5.74, 6) is 0.155. The second kappa shape index (κ2) is 7.20. The molecule has 0 aliphatic rings. The summed E-state index contributed by atoms with van der Waals surface area (Å²) in [6.45, 7) is 2.59. The first kappa shape index (κ1) is 14.7. The quantitative estimate of drug-likeness (QED) is 0.470. The first-order chi connectivity index (χ1) is 9.08. The van der Waals surface area contributed by atoms with E-state index in [2.05, 4.69) is 10.6 Å². The van der Waals surface area contributed by atoms with Gasteiger partial charge in [-0.3, -0.25) is 10.1 Å². The smallest absolute Gasteiger partial charge is 0.319 e. The zero-order valence-electron chi connectivity index (χ0n) is 10.9. The van der Waals surface area contributed by atoms with Crippen molar-refractivity contribution in [3.63, 3.8) is 0 Å². The molecule has 7 nitrogen and oxygen atoms in total. The van der Waals surface area contributed by atoms with Crippen LogP contribution in [0, 0.1) is 10.1 Å². The number of nitro groups is 1. The van der Waals surface area contributed by atoms with Gasteiger partial charge in [-0.15, -0.1) is 0 Å². The molecule has 0 unspecified atom stereocenters. The highest BCUT2D eigenvalue weighted by Crippen LogP contribution is 2.29. The number of unbranched alkanes of at least 4 members (excludes halogenated alkanes) is 1. The van der Waals surface area contributed by atoms with Crippen LogP contribution < -0.4 is 15.4 Å². The van der Waals surface area contributed by atoms with Crippen LogP contribution in [0.25, 0.3) is 0 Å². The molecule has 2 N–H and O–H groups in total. The molecule has 104 valence electrons. The van der Waals surface area contributed by atoms with Crippen molar-refractivity contribution in [3.8, 4) is 5.75 Å². The van der Waals surface area contributed by atoms with Crippen LogP contribution in [0.1, 0.15) is 19.8 Å². The zero-order chi connectivity index (χ0) is 14.3. The molecule has 1 aromatic rings.